The van der Waals surface area contributed by atoms with E-state index < -0.39 is 5.41 Å². The monoisotopic (exact) mass is 690 g/mol. The average molecular weight is 691 g/mol. The maximum absolute atomic E-state index is 7.00. The molecule has 2 aliphatic rings. The molecule has 0 saturated heterocycles. The zero-order valence-corrected chi connectivity index (χ0v) is 29.0. The molecule has 2 aromatic heterocycles. The maximum Gasteiger partial charge on any atom is 0.164 e. The molecule has 0 amide bonds. The summed E-state index contributed by atoms with van der Waals surface area (Å²) in [5.74, 6) is 3.37. The number of nitrogens with zero attached hydrogens (tertiary/aromatic N) is 4. The van der Waals surface area contributed by atoms with Gasteiger partial charge in [-0.15, -0.1) is 0 Å². The van der Waals surface area contributed by atoms with Crippen molar-refractivity contribution in [2.45, 2.75) is 5.41 Å². The number of hydrogen-bond acceptors (Lipinski definition) is 5. The molecule has 0 unspecified atom stereocenters. The largest absolute Gasteiger partial charge is 0.457 e. The molecule has 252 valence electrons. The number of aromatic nitrogens is 4. The van der Waals surface area contributed by atoms with Crippen LogP contribution in [0, 0.1) is 0 Å². The number of ether oxygens (including phenoxy) is 1. The second kappa shape index (κ2) is 11.9. The van der Waals surface area contributed by atoms with Crippen LogP contribution in [0.4, 0.5) is 0 Å². The van der Waals surface area contributed by atoms with Crippen LogP contribution in [0.15, 0.2) is 182 Å². The SMILES string of the molecule is c1ccc(-c2nc(-c3ccc4c(c3)Oc3cc(-c5ccccn5)ccc3C43c4ccccc4-c4ccccc43)nc(-c3ccc4ccccc4c3)n2)cc1. The summed E-state index contributed by atoms with van der Waals surface area (Å²) >= 11 is 0. The third-order valence-corrected chi connectivity index (χ3v) is 10.8. The minimum absolute atomic E-state index is 0.577. The highest BCUT2D eigenvalue weighted by Crippen LogP contribution is 2.62. The highest BCUT2D eigenvalue weighted by Gasteiger charge is 2.51. The Balaban J connectivity index is 1.14. The van der Waals surface area contributed by atoms with Crippen LogP contribution < -0.4 is 4.74 Å². The van der Waals surface area contributed by atoms with Gasteiger partial charge in [-0.3, -0.25) is 4.98 Å². The fourth-order valence-corrected chi connectivity index (χ4v) is 8.42. The van der Waals surface area contributed by atoms with Crippen LogP contribution >= 0.6 is 0 Å². The maximum atomic E-state index is 7.00. The van der Waals surface area contributed by atoms with Crippen molar-refractivity contribution in [2.75, 3.05) is 0 Å². The minimum atomic E-state index is -0.595. The lowest BCUT2D eigenvalue weighted by molar-refractivity contribution is 0.437. The molecule has 5 heteroatoms. The zero-order chi connectivity index (χ0) is 35.6. The molecule has 1 spiro atoms. The van der Waals surface area contributed by atoms with Gasteiger partial charge in [-0.2, -0.15) is 0 Å². The molecule has 0 bridgehead atoms. The van der Waals surface area contributed by atoms with E-state index in [4.69, 9.17) is 19.7 Å². The van der Waals surface area contributed by atoms with Crippen molar-refractivity contribution in [1.29, 1.82) is 0 Å². The number of fused-ring (bicyclic) bond motifs is 10. The molecular weight excluding hydrogens is 661 g/mol. The van der Waals surface area contributed by atoms with Crippen molar-refractivity contribution >= 4 is 10.8 Å². The Morgan fingerprint density at radius 1 is 0.370 bits per heavy atom. The van der Waals surface area contributed by atoms with Gasteiger partial charge in [-0.1, -0.05) is 146 Å². The van der Waals surface area contributed by atoms with E-state index >= 15 is 0 Å². The molecule has 0 atom stereocenters. The minimum Gasteiger partial charge on any atom is -0.457 e. The molecular formula is C49H30N4O. The van der Waals surface area contributed by atoms with Gasteiger partial charge >= 0.3 is 0 Å². The lowest BCUT2D eigenvalue weighted by Gasteiger charge is -2.39. The van der Waals surface area contributed by atoms with Gasteiger partial charge in [0.25, 0.3) is 0 Å². The Labute approximate surface area is 312 Å². The van der Waals surface area contributed by atoms with Gasteiger partial charge in [0.15, 0.2) is 17.5 Å². The molecule has 5 nitrogen and oxygen atoms in total. The number of pyridine rings is 1. The summed E-state index contributed by atoms with van der Waals surface area (Å²) in [5.41, 5.74) is 11.1. The predicted molar refractivity (Wildman–Crippen MR) is 214 cm³/mol. The van der Waals surface area contributed by atoms with Gasteiger partial charge in [0.05, 0.1) is 11.1 Å². The number of hydrogen-bond donors (Lipinski definition) is 0. The van der Waals surface area contributed by atoms with Crippen LogP contribution in [0.5, 0.6) is 11.5 Å². The second-order valence-electron chi connectivity index (χ2n) is 13.8. The van der Waals surface area contributed by atoms with Crippen molar-refractivity contribution in [3.63, 3.8) is 0 Å². The fraction of sp³-hybridized carbons (Fsp3) is 0.0204. The number of rotatable bonds is 4. The van der Waals surface area contributed by atoms with E-state index in [1.54, 1.807) is 0 Å². The highest BCUT2D eigenvalue weighted by molar-refractivity contribution is 5.90. The molecule has 0 N–H and O–H groups in total. The van der Waals surface area contributed by atoms with Crippen molar-refractivity contribution in [3.05, 3.63) is 204 Å². The van der Waals surface area contributed by atoms with Crippen molar-refractivity contribution in [2.24, 2.45) is 0 Å². The quantitative estimate of drug-likeness (QED) is 0.184. The van der Waals surface area contributed by atoms with Crippen LogP contribution in [0.1, 0.15) is 22.3 Å². The third-order valence-electron chi connectivity index (χ3n) is 10.8. The Morgan fingerprint density at radius 2 is 0.907 bits per heavy atom. The van der Waals surface area contributed by atoms with E-state index in [1.807, 2.05) is 54.7 Å². The van der Waals surface area contributed by atoms with E-state index in [0.717, 1.165) is 56.0 Å². The molecule has 9 aromatic rings. The second-order valence-corrected chi connectivity index (χ2v) is 13.8. The van der Waals surface area contributed by atoms with E-state index in [0.29, 0.717) is 17.5 Å². The first kappa shape index (κ1) is 30.4. The standard InChI is InChI=1S/C49H30N4O/c1-2-13-32(14-3-1)46-51-47(35-22-21-31-12-4-5-15-33(31)28-35)53-48(52-46)36-24-26-42-45(30-36)54-44-29-34(43-20-10-11-27-50-43)23-25-41(44)49(42)39-18-8-6-16-37(39)38-17-7-9-19-40(38)49/h1-30H. The topological polar surface area (TPSA) is 60.8 Å². The van der Waals surface area contributed by atoms with Crippen molar-refractivity contribution < 1.29 is 4.74 Å². The van der Waals surface area contributed by atoms with E-state index in [2.05, 4.69) is 132 Å². The summed E-state index contributed by atoms with van der Waals surface area (Å²) in [4.78, 5) is 19.9. The Morgan fingerprint density at radius 3 is 1.59 bits per heavy atom. The molecule has 1 aliphatic carbocycles. The Bertz CT molecular complexity index is 2880. The molecule has 54 heavy (non-hydrogen) atoms. The smallest absolute Gasteiger partial charge is 0.164 e. The first-order chi connectivity index (χ1) is 26.7. The number of benzene rings is 7. The van der Waals surface area contributed by atoms with Crippen LogP contribution in [-0.2, 0) is 5.41 Å². The zero-order valence-electron chi connectivity index (χ0n) is 29.0. The molecule has 7 aromatic carbocycles. The van der Waals surface area contributed by atoms with E-state index in [1.165, 1.54) is 27.6 Å². The van der Waals surface area contributed by atoms with Gasteiger partial charge in [0.2, 0.25) is 0 Å². The normalized spacial score (nSPS) is 13.1. The van der Waals surface area contributed by atoms with Crippen molar-refractivity contribution in [1.82, 2.24) is 19.9 Å². The van der Waals surface area contributed by atoms with Crippen LogP contribution in [0.2, 0.25) is 0 Å². The van der Waals surface area contributed by atoms with Crippen LogP contribution in [0.3, 0.4) is 0 Å². The van der Waals surface area contributed by atoms with E-state index in [9.17, 15) is 0 Å². The molecule has 11 rings (SSSR count). The fourth-order valence-electron chi connectivity index (χ4n) is 8.42. The van der Waals surface area contributed by atoms with Gasteiger partial charge in [0.1, 0.15) is 11.5 Å². The predicted octanol–water partition coefficient (Wildman–Crippen LogP) is 11.6. The first-order valence-corrected chi connectivity index (χ1v) is 18.1. The first-order valence-electron chi connectivity index (χ1n) is 18.1. The summed E-state index contributed by atoms with van der Waals surface area (Å²) in [6.45, 7) is 0. The molecule has 0 saturated carbocycles. The highest BCUT2D eigenvalue weighted by atomic mass is 16.5. The lowest BCUT2D eigenvalue weighted by atomic mass is 9.66. The van der Waals surface area contributed by atoms with Crippen molar-refractivity contribution in [3.8, 4) is 68.0 Å². The summed E-state index contributed by atoms with van der Waals surface area (Å²) in [7, 11) is 0. The summed E-state index contributed by atoms with van der Waals surface area (Å²) < 4.78 is 7.00. The van der Waals surface area contributed by atoms with Gasteiger partial charge in [-0.05, 0) is 63.4 Å². The van der Waals surface area contributed by atoms with Gasteiger partial charge in [0, 0.05) is 39.6 Å². The average Bonchev–Trinajstić information content (AvgIpc) is 3.54. The van der Waals surface area contributed by atoms with Gasteiger partial charge in [-0.25, -0.2) is 15.0 Å². The molecule has 0 fully saturated rings. The molecule has 3 heterocycles. The van der Waals surface area contributed by atoms with Gasteiger partial charge < -0.3 is 4.74 Å². The Hall–Kier alpha value is -7.24. The summed E-state index contributed by atoms with van der Waals surface area (Å²) in [6, 6.07) is 61.3. The molecule has 0 radical (unpaired) electrons. The summed E-state index contributed by atoms with van der Waals surface area (Å²) in [5, 5.41) is 2.30. The van der Waals surface area contributed by atoms with Crippen LogP contribution in [0.25, 0.3) is 67.3 Å². The molecule has 1 aliphatic heterocycles. The third kappa shape index (κ3) is 4.58. The van der Waals surface area contributed by atoms with Crippen LogP contribution in [-0.4, -0.2) is 19.9 Å². The van der Waals surface area contributed by atoms with E-state index in [-0.39, 0.29) is 0 Å². The summed E-state index contributed by atoms with van der Waals surface area (Å²) in [6.07, 6.45) is 1.83. The lowest BCUT2D eigenvalue weighted by Crippen LogP contribution is -2.32. The Kier molecular flexibility index (Phi) is 6.70.